The molecule has 3 aromatic rings. The van der Waals surface area contributed by atoms with Gasteiger partial charge in [0.25, 0.3) is 0 Å². The lowest BCUT2D eigenvalue weighted by atomic mass is 10.1. The van der Waals surface area contributed by atoms with E-state index in [1.54, 1.807) is 16.2 Å². The van der Waals surface area contributed by atoms with Gasteiger partial charge in [0.2, 0.25) is 5.91 Å². The van der Waals surface area contributed by atoms with Gasteiger partial charge < -0.3 is 4.90 Å². The first kappa shape index (κ1) is 21.5. The van der Waals surface area contributed by atoms with Gasteiger partial charge >= 0.3 is 6.18 Å². The predicted octanol–water partition coefficient (Wildman–Crippen LogP) is 4.72. The third kappa shape index (κ3) is 5.51. The molecule has 0 N–H and O–H groups in total. The number of alkyl halides is 3. The Balaban J connectivity index is 1.27. The second-order valence-electron chi connectivity index (χ2n) is 7.54. The molecule has 4 nitrogen and oxygen atoms in total. The van der Waals surface area contributed by atoms with Crippen molar-refractivity contribution < 1.29 is 18.0 Å². The van der Waals surface area contributed by atoms with Crippen molar-refractivity contribution in [2.75, 3.05) is 26.2 Å². The summed E-state index contributed by atoms with van der Waals surface area (Å²) in [6.07, 6.45) is -4.25. The average molecular weight is 446 g/mol. The number of hydrogen-bond donors (Lipinski definition) is 0. The number of piperazine rings is 1. The number of amides is 1. The van der Waals surface area contributed by atoms with Crippen LogP contribution in [-0.4, -0.2) is 46.9 Å². The summed E-state index contributed by atoms with van der Waals surface area (Å²) in [6.45, 7) is 3.45. The molecular weight excluding hydrogens is 423 g/mol. The van der Waals surface area contributed by atoms with Crippen molar-refractivity contribution >= 4 is 17.2 Å². The van der Waals surface area contributed by atoms with Crippen molar-refractivity contribution in [1.82, 2.24) is 14.8 Å². The van der Waals surface area contributed by atoms with Gasteiger partial charge in [0.1, 0.15) is 5.01 Å². The van der Waals surface area contributed by atoms with Gasteiger partial charge in [-0.05, 0) is 17.7 Å². The first-order valence-electron chi connectivity index (χ1n) is 10.0. The second kappa shape index (κ2) is 9.20. The molecule has 0 spiro atoms. The number of rotatable bonds is 5. The molecule has 162 valence electrons. The fourth-order valence-corrected chi connectivity index (χ4v) is 4.39. The number of nitrogens with zero attached hydrogens (tertiary/aromatic N) is 3. The smallest absolute Gasteiger partial charge is 0.340 e. The summed E-state index contributed by atoms with van der Waals surface area (Å²) in [6, 6.07) is 14.9. The van der Waals surface area contributed by atoms with Crippen LogP contribution in [0.5, 0.6) is 0 Å². The monoisotopic (exact) mass is 445 g/mol. The zero-order chi connectivity index (χ0) is 21.8. The van der Waals surface area contributed by atoms with E-state index in [-0.39, 0.29) is 12.3 Å². The number of hydrogen-bond acceptors (Lipinski definition) is 4. The molecule has 8 heteroatoms. The number of aromatic nitrogens is 1. The Kier molecular flexibility index (Phi) is 6.38. The molecule has 1 aliphatic heterocycles. The fourth-order valence-electron chi connectivity index (χ4n) is 3.58. The van der Waals surface area contributed by atoms with Gasteiger partial charge in [-0.25, -0.2) is 4.98 Å². The normalized spacial score (nSPS) is 15.3. The van der Waals surface area contributed by atoms with E-state index in [0.717, 1.165) is 48.0 Å². The molecule has 2 heterocycles. The van der Waals surface area contributed by atoms with Crippen molar-refractivity contribution in [2.45, 2.75) is 19.1 Å². The topological polar surface area (TPSA) is 36.4 Å². The van der Waals surface area contributed by atoms with E-state index in [2.05, 4.69) is 10.3 Å². The lowest BCUT2D eigenvalue weighted by molar-refractivity contribution is -0.137. The van der Waals surface area contributed by atoms with Crippen molar-refractivity contribution in [3.05, 3.63) is 76.8 Å². The standard InChI is InChI=1S/C23H22F3N3OS/c24-23(25,26)19-8-6-17(7-9-19)14-21(30)29-12-10-28(11-13-29)15-20-16-31-22(27-20)18-4-2-1-3-5-18/h1-9,16H,10-15H2. The molecule has 4 rings (SSSR count). The maximum absolute atomic E-state index is 12.7. The zero-order valence-corrected chi connectivity index (χ0v) is 17.6. The summed E-state index contributed by atoms with van der Waals surface area (Å²) in [5.41, 5.74) is 2.02. The van der Waals surface area contributed by atoms with Crippen LogP contribution in [0, 0.1) is 0 Å². The minimum atomic E-state index is -4.36. The molecule has 1 saturated heterocycles. The van der Waals surface area contributed by atoms with Crippen molar-refractivity contribution in [3.8, 4) is 10.6 Å². The van der Waals surface area contributed by atoms with Crippen LogP contribution in [0.4, 0.5) is 13.2 Å². The summed E-state index contributed by atoms with van der Waals surface area (Å²) in [5, 5.41) is 3.07. The Morgan fingerprint density at radius 3 is 2.29 bits per heavy atom. The van der Waals surface area contributed by atoms with Crippen molar-refractivity contribution in [2.24, 2.45) is 0 Å². The molecule has 1 amide bonds. The highest BCUT2D eigenvalue weighted by Crippen LogP contribution is 2.29. The summed E-state index contributed by atoms with van der Waals surface area (Å²) in [4.78, 5) is 21.3. The first-order chi connectivity index (χ1) is 14.9. The quantitative estimate of drug-likeness (QED) is 0.571. The zero-order valence-electron chi connectivity index (χ0n) is 16.8. The minimum absolute atomic E-state index is 0.0561. The fraction of sp³-hybridized carbons (Fsp3) is 0.304. The van der Waals surface area contributed by atoms with E-state index in [1.807, 2.05) is 30.3 Å². The summed E-state index contributed by atoms with van der Waals surface area (Å²) in [5.74, 6) is -0.0561. The molecule has 0 bridgehead atoms. The molecule has 0 aliphatic carbocycles. The van der Waals surface area contributed by atoms with Gasteiger partial charge in [-0.2, -0.15) is 13.2 Å². The Labute approximate surface area is 182 Å². The van der Waals surface area contributed by atoms with Crippen LogP contribution in [0.25, 0.3) is 10.6 Å². The maximum atomic E-state index is 12.7. The lowest BCUT2D eigenvalue weighted by Crippen LogP contribution is -2.48. The highest BCUT2D eigenvalue weighted by molar-refractivity contribution is 7.13. The van der Waals surface area contributed by atoms with E-state index in [4.69, 9.17) is 4.98 Å². The van der Waals surface area contributed by atoms with Gasteiger partial charge in [0, 0.05) is 43.7 Å². The number of carbonyl (C=O) groups excluding carboxylic acids is 1. The van der Waals surface area contributed by atoms with Crippen LogP contribution in [0.3, 0.4) is 0 Å². The van der Waals surface area contributed by atoms with E-state index >= 15 is 0 Å². The molecule has 31 heavy (non-hydrogen) atoms. The molecule has 0 radical (unpaired) electrons. The molecule has 0 saturated carbocycles. The van der Waals surface area contributed by atoms with Crippen LogP contribution in [0.2, 0.25) is 0 Å². The highest BCUT2D eigenvalue weighted by atomic mass is 32.1. The van der Waals surface area contributed by atoms with Crippen LogP contribution in [0.15, 0.2) is 60.0 Å². The largest absolute Gasteiger partial charge is 0.416 e. The number of thiazole rings is 1. The minimum Gasteiger partial charge on any atom is -0.340 e. The van der Waals surface area contributed by atoms with E-state index < -0.39 is 11.7 Å². The molecule has 1 aliphatic rings. The van der Waals surface area contributed by atoms with Gasteiger partial charge in [0.15, 0.2) is 0 Å². The van der Waals surface area contributed by atoms with Crippen molar-refractivity contribution in [3.63, 3.8) is 0 Å². The maximum Gasteiger partial charge on any atom is 0.416 e. The van der Waals surface area contributed by atoms with Crippen LogP contribution < -0.4 is 0 Å². The molecule has 0 unspecified atom stereocenters. The SMILES string of the molecule is O=C(Cc1ccc(C(F)(F)F)cc1)N1CCN(Cc2csc(-c3ccccc3)n2)CC1. The number of halogens is 3. The van der Waals surface area contributed by atoms with E-state index in [9.17, 15) is 18.0 Å². The van der Waals surface area contributed by atoms with Crippen LogP contribution >= 0.6 is 11.3 Å². The molecule has 1 fully saturated rings. The van der Waals surface area contributed by atoms with Gasteiger partial charge in [-0.3, -0.25) is 9.69 Å². The average Bonchev–Trinajstić information content (AvgIpc) is 3.23. The highest BCUT2D eigenvalue weighted by Gasteiger charge is 2.30. The van der Waals surface area contributed by atoms with Gasteiger partial charge in [-0.1, -0.05) is 42.5 Å². The first-order valence-corrected chi connectivity index (χ1v) is 10.9. The lowest BCUT2D eigenvalue weighted by Gasteiger charge is -2.34. The molecular formula is C23H22F3N3OS. The summed E-state index contributed by atoms with van der Waals surface area (Å²) in [7, 11) is 0. The second-order valence-corrected chi connectivity index (χ2v) is 8.40. The third-order valence-electron chi connectivity index (χ3n) is 5.32. The van der Waals surface area contributed by atoms with Crippen LogP contribution in [0.1, 0.15) is 16.8 Å². The molecule has 0 atom stereocenters. The van der Waals surface area contributed by atoms with Crippen molar-refractivity contribution in [1.29, 1.82) is 0 Å². The van der Waals surface area contributed by atoms with Gasteiger partial charge in [-0.15, -0.1) is 11.3 Å². The molecule has 2 aromatic carbocycles. The van der Waals surface area contributed by atoms with Crippen LogP contribution in [-0.2, 0) is 23.9 Å². The Morgan fingerprint density at radius 1 is 0.968 bits per heavy atom. The summed E-state index contributed by atoms with van der Waals surface area (Å²) >= 11 is 1.63. The number of carbonyl (C=O) groups is 1. The summed E-state index contributed by atoms with van der Waals surface area (Å²) < 4.78 is 38.0. The Hall–Kier alpha value is -2.71. The number of benzene rings is 2. The molecule has 1 aromatic heterocycles. The third-order valence-corrected chi connectivity index (χ3v) is 6.26. The Bertz CT molecular complexity index is 1010. The van der Waals surface area contributed by atoms with E-state index in [0.29, 0.717) is 18.7 Å². The Morgan fingerprint density at radius 2 is 1.65 bits per heavy atom. The predicted molar refractivity (Wildman–Crippen MR) is 115 cm³/mol. The van der Waals surface area contributed by atoms with E-state index in [1.165, 1.54) is 12.1 Å². The van der Waals surface area contributed by atoms with Gasteiger partial charge in [0.05, 0.1) is 17.7 Å².